The normalized spacial score (nSPS) is 10.8. The lowest BCUT2D eigenvalue weighted by Crippen LogP contribution is -2.00. The molecule has 7 heteroatoms. The van der Waals surface area contributed by atoms with Crippen molar-refractivity contribution in [1.82, 2.24) is 15.0 Å². The zero-order valence-corrected chi connectivity index (χ0v) is 13.1. The first-order valence-corrected chi connectivity index (χ1v) is 8.00. The number of rotatable bonds is 5. The summed E-state index contributed by atoms with van der Waals surface area (Å²) in [6, 6.07) is 9.42. The molecule has 0 aliphatic rings. The Kier molecular flexibility index (Phi) is 4.60. The van der Waals surface area contributed by atoms with Crippen LogP contribution in [0.5, 0.6) is 0 Å². The molecule has 0 saturated heterocycles. The van der Waals surface area contributed by atoms with E-state index < -0.39 is 0 Å². The van der Waals surface area contributed by atoms with Crippen LogP contribution in [0.1, 0.15) is 5.69 Å². The fraction of sp³-hybridized carbons (Fsp3) is 0.133. The Balaban J connectivity index is 1.76. The molecule has 22 heavy (non-hydrogen) atoms. The van der Waals surface area contributed by atoms with Crippen LogP contribution in [-0.4, -0.2) is 20.7 Å². The molecule has 5 nitrogen and oxygen atoms in total. The Bertz CT molecular complexity index is 750. The van der Waals surface area contributed by atoms with Crippen molar-refractivity contribution >= 4 is 29.3 Å². The largest absolute Gasteiger partial charge is 0.463 e. The number of hydrogen-bond donors (Lipinski definition) is 1. The minimum absolute atomic E-state index is 0.177. The Morgan fingerprint density at radius 1 is 1.18 bits per heavy atom. The minimum Gasteiger partial charge on any atom is -0.463 e. The summed E-state index contributed by atoms with van der Waals surface area (Å²) in [6.45, 7) is 0. The van der Waals surface area contributed by atoms with Crippen molar-refractivity contribution < 1.29 is 4.42 Å². The van der Waals surface area contributed by atoms with Gasteiger partial charge in [0.25, 0.3) is 0 Å². The molecule has 0 amide bonds. The van der Waals surface area contributed by atoms with Crippen LogP contribution >= 0.6 is 23.4 Å². The molecular weight excluding hydrogens is 320 g/mol. The summed E-state index contributed by atoms with van der Waals surface area (Å²) in [5.41, 5.74) is 7.31. The van der Waals surface area contributed by atoms with Crippen LogP contribution in [0.25, 0.3) is 11.5 Å². The third-order valence-corrected chi connectivity index (χ3v) is 4.36. The number of aromatic nitrogens is 3. The van der Waals surface area contributed by atoms with E-state index in [-0.39, 0.29) is 5.95 Å². The van der Waals surface area contributed by atoms with Gasteiger partial charge in [0, 0.05) is 17.6 Å². The summed E-state index contributed by atoms with van der Waals surface area (Å²) in [5.74, 6) is 1.55. The zero-order chi connectivity index (χ0) is 15.4. The van der Waals surface area contributed by atoms with E-state index >= 15 is 0 Å². The van der Waals surface area contributed by atoms with Gasteiger partial charge in [-0.05, 0) is 30.7 Å². The lowest BCUT2D eigenvalue weighted by Gasteiger charge is -2.07. The second-order valence-corrected chi connectivity index (χ2v) is 5.91. The van der Waals surface area contributed by atoms with Crippen LogP contribution in [0.3, 0.4) is 0 Å². The van der Waals surface area contributed by atoms with Gasteiger partial charge in [0.1, 0.15) is 15.7 Å². The van der Waals surface area contributed by atoms with Crippen molar-refractivity contribution in [2.75, 3.05) is 11.5 Å². The maximum absolute atomic E-state index is 6.38. The van der Waals surface area contributed by atoms with Gasteiger partial charge in [0.05, 0.1) is 6.26 Å². The Morgan fingerprint density at radius 3 is 2.82 bits per heavy atom. The zero-order valence-electron chi connectivity index (χ0n) is 11.6. The van der Waals surface area contributed by atoms with Crippen LogP contribution in [-0.2, 0) is 6.42 Å². The fourth-order valence-corrected chi connectivity index (χ4v) is 3.14. The number of pyridine rings is 1. The predicted octanol–water partition coefficient (Wildman–Crippen LogP) is 3.70. The minimum atomic E-state index is 0.177. The summed E-state index contributed by atoms with van der Waals surface area (Å²) in [5, 5.41) is 1.10. The summed E-state index contributed by atoms with van der Waals surface area (Å²) in [6.07, 6.45) is 4.17. The first-order chi connectivity index (χ1) is 10.7. The molecule has 0 radical (unpaired) electrons. The number of halogens is 1. The molecule has 0 spiro atoms. The van der Waals surface area contributed by atoms with E-state index in [1.807, 2.05) is 18.2 Å². The maximum Gasteiger partial charge on any atom is 0.221 e. The Morgan fingerprint density at radius 2 is 2.09 bits per heavy atom. The van der Waals surface area contributed by atoms with Gasteiger partial charge in [-0.3, -0.25) is 4.98 Å². The highest BCUT2D eigenvalue weighted by atomic mass is 35.5. The van der Waals surface area contributed by atoms with Gasteiger partial charge in [-0.15, -0.1) is 11.8 Å². The van der Waals surface area contributed by atoms with Gasteiger partial charge in [-0.1, -0.05) is 17.7 Å². The smallest absolute Gasteiger partial charge is 0.221 e. The number of hydrogen-bond acceptors (Lipinski definition) is 6. The molecule has 0 aliphatic carbocycles. The molecule has 0 atom stereocenters. The maximum atomic E-state index is 6.38. The van der Waals surface area contributed by atoms with Crippen molar-refractivity contribution in [1.29, 1.82) is 0 Å². The van der Waals surface area contributed by atoms with E-state index in [0.717, 1.165) is 17.9 Å². The van der Waals surface area contributed by atoms with E-state index in [0.29, 0.717) is 21.5 Å². The van der Waals surface area contributed by atoms with Crippen molar-refractivity contribution in [3.05, 3.63) is 53.5 Å². The van der Waals surface area contributed by atoms with Crippen LogP contribution in [0.2, 0.25) is 5.02 Å². The van der Waals surface area contributed by atoms with E-state index in [9.17, 15) is 0 Å². The molecule has 0 aromatic carbocycles. The van der Waals surface area contributed by atoms with Crippen molar-refractivity contribution in [3.63, 3.8) is 0 Å². The Hall–Kier alpha value is -2.05. The average molecular weight is 333 g/mol. The van der Waals surface area contributed by atoms with Crippen LogP contribution in [0, 0.1) is 0 Å². The van der Waals surface area contributed by atoms with Gasteiger partial charge >= 0.3 is 0 Å². The molecule has 3 rings (SSSR count). The van der Waals surface area contributed by atoms with Gasteiger partial charge in [-0.2, -0.15) is 0 Å². The SMILES string of the molecule is Nc1nc(SCCc2ccccn2)c(Cl)c(-c2ccco2)n1. The topological polar surface area (TPSA) is 77.8 Å². The second-order valence-electron chi connectivity index (χ2n) is 4.45. The lowest BCUT2D eigenvalue weighted by molar-refractivity contribution is 0.579. The average Bonchev–Trinajstić information content (AvgIpc) is 3.05. The van der Waals surface area contributed by atoms with Crippen LogP contribution < -0.4 is 5.73 Å². The molecule has 0 unspecified atom stereocenters. The first kappa shape index (κ1) is 14.9. The molecule has 0 aliphatic heterocycles. The molecule has 0 saturated carbocycles. The van der Waals surface area contributed by atoms with Gasteiger partial charge in [0.15, 0.2) is 5.76 Å². The molecule has 3 aromatic rings. The highest BCUT2D eigenvalue weighted by Crippen LogP contribution is 2.34. The number of nitrogens with zero attached hydrogens (tertiary/aromatic N) is 3. The van der Waals surface area contributed by atoms with E-state index in [4.69, 9.17) is 21.8 Å². The number of aryl methyl sites for hydroxylation is 1. The fourth-order valence-electron chi connectivity index (χ4n) is 1.91. The molecule has 2 N–H and O–H groups in total. The van der Waals surface area contributed by atoms with E-state index in [1.54, 1.807) is 24.6 Å². The summed E-state index contributed by atoms with van der Waals surface area (Å²) in [7, 11) is 0. The highest BCUT2D eigenvalue weighted by molar-refractivity contribution is 7.99. The second kappa shape index (κ2) is 6.81. The standard InChI is InChI=1S/C15H13ClN4OS/c16-12-13(11-5-3-8-21-11)19-15(17)20-14(12)22-9-6-10-4-1-2-7-18-10/h1-5,7-8H,6,9H2,(H2,17,19,20). The first-order valence-electron chi connectivity index (χ1n) is 6.63. The molecule has 3 aromatic heterocycles. The Labute approximate surface area is 136 Å². The molecule has 0 fully saturated rings. The quantitative estimate of drug-likeness (QED) is 0.567. The van der Waals surface area contributed by atoms with E-state index in [2.05, 4.69) is 15.0 Å². The van der Waals surface area contributed by atoms with Gasteiger partial charge < -0.3 is 10.2 Å². The third kappa shape index (κ3) is 3.40. The number of nitrogens with two attached hydrogens (primary N) is 1. The monoisotopic (exact) mass is 332 g/mol. The number of nitrogen functional groups attached to an aromatic ring is 1. The van der Waals surface area contributed by atoms with E-state index in [1.165, 1.54) is 11.8 Å². The molecule has 112 valence electrons. The van der Waals surface area contributed by atoms with Crippen LogP contribution in [0.15, 0.2) is 52.2 Å². The number of anilines is 1. The highest BCUT2D eigenvalue weighted by Gasteiger charge is 2.15. The number of thioether (sulfide) groups is 1. The molecule has 0 bridgehead atoms. The van der Waals surface area contributed by atoms with Crippen molar-refractivity contribution in [3.8, 4) is 11.5 Å². The summed E-state index contributed by atoms with van der Waals surface area (Å²) >= 11 is 7.90. The summed E-state index contributed by atoms with van der Waals surface area (Å²) < 4.78 is 5.33. The van der Waals surface area contributed by atoms with Crippen LogP contribution in [0.4, 0.5) is 5.95 Å². The van der Waals surface area contributed by atoms with Gasteiger partial charge in [-0.25, -0.2) is 9.97 Å². The molecule has 3 heterocycles. The molecular formula is C15H13ClN4OS. The van der Waals surface area contributed by atoms with Crippen molar-refractivity contribution in [2.45, 2.75) is 11.4 Å². The van der Waals surface area contributed by atoms with Crippen molar-refractivity contribution in [2.24, 2.45) is 0 Å². The third-order valence-electron chi connectivity index (χ3n) is 2.92. The summed E-state index contributed by atoms with van der Waals surface area (Å²) in [4.78, 5) is 12.7. The van der Waals surface area contributed by atoms with Gasteiger partial charge in [0.2, 0.25) is 5.95 Å². The predicted molar refractivity (Wildman–Crippen MR) is 87.8 cm³/mol. The number of furan rings is 1. The lowest BCUT2D eigenvalue weighted by atomic mass is 10.3.